The number of sulfone groups is 1. The smallest absolute Gasteiger partial charge is 0.183 e. The van der Waals surface area contributed by atoms with Crippen molar-refractivity contribution in [1.29, 1.82) is 0 Å². The zero-order valence-electron chi connectivity index (χ0n) is 14.7. The molecule has 140 valence electrons. The SMILES string of the molecule is CCOC[C@@]1(N)[C@H](c2ccc(OC)cc2)[C@@H]1S(=O)(=O)c1ccc(Cl)cc1. The molecule has 0 saturated heterocycles. The molecule has 0 radical (unpaired) electrons. The molecule has 0 aromatic heterocycles. The van der Waals surface area contributed by atoms with E-state index in [2.05, 4.69) is 0 Å². The van der Waals surface area contributed by atoms with Crippen molar-refractivity contribution >= 4 is 21.4 Å². The van der Waals surface area contributed by atoms with E-state index in [1.54, 1.807) is 31.4 Å². The fraction of sp³-hybridized carbons (Fsp3) is 0.368. The number of nitrogens with two attached hydrogens (primary N) is 1. The van der Waals surface area contributed by atoms with Gasteiger partial charge in [-0.15, -0.1) is 0 Å². The van der Waals surface area contributed by atoms with Crippen LogP contribution in [-0.2, 0) is 14.6 Å². The third-order valence-electron chi connectivity index (χ3n) is 4.81. The van der Waals surface area contributed by atoms with Crippen molar-refractivity contribution in [1.82, 2.24) is 0 Å². The molecule has 3 rings (SSSR count). The van der Waals surface area contributed by atoms with Gasteiger partial charge in [0.2, 0.25) is 0 Å². The minimum absolute atomic E-state index is 0.178. The van der Waals surface area contributed by atoms with Crippen LogP contribution in [0.1, 0.15) is 18.4 Å². The van der Waals surface area contributed by atoms with Crippen molar-refractivity contribution in [2.75, 3.05) is 20.3 Å². The number of hydrogen-bond donors (Lipinski definition) is 1. The number of rotatable bonds is 7. The second-order valence-electron chi connectivity index (χ2n) is 6.42. The molecule has 2 aromatic rings. The number of halogens is 1. The molecule has 0 bridgehead atoms. The van der Waals surface area contributed by atoms with E-state index in [1.807, 2.05) is 19.1 Å². The highest BCUT2D eigenvalue weighted by molar-refractivity contribution is 7.92. The van der Waals surface area contributed by atoms with Gasteiger partial charge in [0.1, 0.15) is 5.75 Å². The highest BCUT2D eigenvalue weighted by Crippen LogP contribution is 2.56. The van der Waals surface area contributed by atoms with Gasteiger partial charge in [0.25, 0.3) is 0 Å². The standard InChI is InChI=1S/C19H22ClNO4S/c1-3-25-12-19(21)17(13-4-8-15(24-2)9-5-13)18(19)26(22,23)16-10-6-14(20)7-11-16/h4-11,17-18H,3,12,21H2,1-2H3/t17-,18+,19-/m1/s1. The van der Waals surface area contributed by atoms with Gasteiger partial charge in [0.15, 0.2) is 9.84 Å². The molecule has 1 saturated carbocycles. The predicted octanol–water partition coefficient (Wildman–Crippen LogP) is 3.02. The second-order valence-corrected chi connectivity index (χ2v) is 8.93. The van der Waals surface area contributed by atoms with Crippen LogP contribution in [0.3, 0.4) is 0 Å². The van der Waals surface area contributed by atoms with Crippen LogP contribution in [0.15, 0.2) is 53.4 Å². The molecule has 0 spiro atoms. The maximum absolute atomic E-state index is 13.2. The zero-order chi connectivity index (χ0) is 18.9. The maximum atomic E-state index is 13.2. The minimum Gasteiger partial charge on any atom is -0.497 e. The molecule has 5 nitrogen and oxygen atoms in total. The van der Waals surface area contributed by atoms with Crippen molar-refractivity contribution in [3.63, 3.8) is 0 Å². The van der Waals surface area contributed by atoms with Gasteiger partial charge in [-0.25, -0.2) is 8.42 Å². The van der Waals surface area contributed by atoms with E-state index < -0.39 is 20.6 Å². The highest BCUT2D eigenvalue weighted by atomic mass is 35.5. The van der Waals surface area contributed by atoms with Crippen molar-refractivity contribution in [3.05, 3.63) is 59.1 Å². The van der Waals surface area contributed by atoms with Crippen LogP contribution in [0, 0.1) is 0 Å². The van der Waals surface area contributed by atoms with Gasteiger partial charge in [-0.3, -0.25) is 0 Å². The van der Waals surface area contributed by atoms with E-state index in [4.69, 9.17) is 26.8 Å². The topological polar surface area (TPSA) is 78.6 Å². The van der Waals surface area contributed by atoms with E-state index in [-0.39, 0.29) is 17.4 Å². The number of hydrogen-bond acceptors (Lipinski definition) is 5. The first-order chi connectivity index (χ1) is 12.3. The lowest BCUT2D eigenvalue weighted by atomic mass is 10.1. The molecular formula is C19H22ClNO4S. The largest absolute Gasteiger partial charge is 0.497 e. The van der Waals surface area contributed by atoms with Crippen LogP contribution in [-0.4, -0.2) is 39.5 Å². The van der Waals surface area contributed by atoms with Gasteiger partial charge >= 0.3 is 0 Å². The Morgan fingerprint density at radius 2 is 1.73 bits per heavy atom. The molecule has 1 fully saturated rings. The van der Waals surface area contributed by atoms with E-state index in [0.29, 0.717) is 17.4 Å². The summed E-state index contributed by atoms with van der Waals surface area (Å²) >= 11 is 5.88. The third-order valence-corrected chi connectivity index (χ3v) is 7.37. The summed E-state index contributed by atoms with van der Waals surface area (Å²) in [5.74, 6) is 0.361. The molecule has 0 amide bonds. The number of benzene rings is 2. The first-order valence-corrected chi connectivity index (χ1v) is 10.3. The summed E-state index contributed by atoms with van der Waals surface area (Å²) in [6.07, 6.45) is 0. The molecule has 0 unspecified atom stereocenters. The first-order valence-electron chi connectivity index (χ1n) is 8.34. The molecule has 26 heavy (non-hydrogen) atoms. The number of methoxy groups -OCH3 is 1. The van der Waals surface area contributed by atoms with Gasteiger partial charge in [-0.05, 0) is 48.9 Å². The molecule has 7 heteroatoms. The summed E-state index contributed by atoms with van der Waals surface area (Å²) in [5.41, 5.74) is 6.40. The fourth-order valence-electron chi connectivity index (χ4n) is 3.41. The summed E-state index contributed by atoms with van der Waals surface area (Å²) in [5, 5.41) is -0.268. The van der Waals surface area contributed by atoms with Crippen LogP contribution >= 0.6 is 11.6 Å². The van der Waals surface area contributed by atoms with Gasteiger partial charge in [0, 0.05) is 17.5 Å². The Bertz CT molecular complexity index is 867. The monoisotopic (exact) mass is 395 g/mol. The Balaban J connectivity index is 1.97. The predicted molar refractivity (Wildman–Crippen MR) is 102 cm³/mol. The summed E-state index contributed by atoms with van der Waals surface area (Å²) in [6, 6.07) is 13.5. The van der Waals surface area contributed by atoms with Crippen LogP contribution < -0.4 is 10.5 Å². The lowest BCUT2D eigenvalue weighted by molar-refractivity contribution is 0.125. The lowest BCUT2D eigenvalue weighted by Gasteiger charge is -2.12. The van der Waals surface area contributed by atoms with Crippen LogP contribution in [0.4, 0.5) is 0 Å². The summed E-state index contributed by atoms with van der Waals surface area (Å²) in [7, 11) is -2.04. The quantitative estimate of drug-likeness (QED) is 0.779. The average molecular weight is 396 g/mol. The van der Waals surface area contributed by atoms with Crippen LogP contribution in [0.2, 0.25) is 5.02 Å². The summed E-state index contributed by atoms with van der Waals surface area (Å²) in [6.45, 7) is 2.51. The van der Waals surface area contributed by atoms with E-state index in [0.717, 1.165) is 5.56 Å². The Morgan fingerprint density at radius 1 is 1.12 bits per heavy atom. The number of ether oxygens (including phenoxy) is 2. The summed E-state index contributed by atoms with van der Waals surface area (Å²) in [4.78, 5) is 0.217. The fourth-order valence-corrected chi connectivity index (χ4v) is 5.83. The van der Waals surface area contributed by atoms with Gasteiger partial charge in [-0.1, -0.05) is 23.7 Å². The first kappa shape index (κ1) is 19.2. The zero-order valence-corrected chi connectivity index (χ0v) is 16.3. The molecule has 1 aliphatic carbocycles. The van der Waals surface area contributed by atoms with Crippen molar-refractivity contribution in [2.45, 2.75) is 28.5 Å². The van der Waals surface area contributed by atoms with Gasteiger partial charge in [-0.2, -0.15) is 0 Å². The molecule has 0 aliphatic heterocycles. The second kappa shape index (κ2) is 7.19. The average Bonchev–Trinajstić information content (AvgIpc) is 3.27. The third kappa shape index (κ3) is 3.34. The van der Waals surface area contributed by atoms with Gasteiger partial charge in [0.05, 0.1) is 29.4 Å². The highest BCUT2D eigenvalue weighted by Gasteiger charge is 2.69. The van der Waals surface area contributed by atoms with Gasteiger partial charge < -0.3 is 15.2 Å². The molecule has 0 heterocycles. The molecular weight excluding hydrogens is 374 g/mol. The molecule has 2 aromatic carbocycles. The molecule has 2 N–H and O–H groups in total. The summed E-state index contributed by atoms with van der Waals surface area (Å²) < 4.78 is 37.1. The molecule has 3 atom stereocenters. The minimum atomic E-state index is -3.63. The Morgan fingerprint density at radius 3 is 2.27 bits per heavy atom. The lowest BCUT2D eigenvalue weighted by Crippen LogP contribution is -2.36. The van der Waals surface area contributed by atoms with Crippen molar-refractivity contribution in [2.24, 2.45) is 5.73 Å². The molecule has 1 aliphatic rings. The van der Waals surface area contributed by atoms with E-state index in [9.17, 15) is 8.42 Å². The Labute approximate surface area is 159 Å². The van der Waals surface area contributed by atoms with Crippen molar-refractivity contribution in [3.8, 4) is 5.75 Å². The Hall–Kier alpha value is -1.60. The van der Waals surface area contributed by atoms with Crippen molar-refractivity contribution < 1.29 is 17.9 Å². The van der Waals surface area contributed by atoms with Crippen LogP contribution in [0.5, 0.6) is 5.75 Å². The normalized spacial score (nSPS) is 25.1. The van der Waals surface area contributed by atoms with E-state index in [1.165, 1.54) is 12.1 Å². The van der Waals surface area contributed by atoms with Crippen LogP contribution in [0.25, 0.3) is 0 Å². The Kier molecular flexibility index (Phi) is 5.30. The maximum Gasteiger partial charge on any atom is 0.183 e. The van der Waals surface area contributed by atoms with E-state index >= 15 is 0 Å².